The second-order valence-electron chi connectivity index (χ2n) is 6.89. The molecule has 0 unspecified atom stereocenters. The number of hydrogen-bond acceptors (Lipinski definition) is 7. The van der Waals surface area contributed by atoms with Crippen molar-refractivity contribution in [3.8, 4) is 11.5 Å². The van der Waals surface area contributed by atoms with Crippen LogP contribution in [0.2, 0.25) is 0 Å². The van der Waals surface area contributed by atoms with Crippen LogP contribution in [0.25, 0.3) is 11.2 Å². The third-order valence-electron chi connectivity index (χ3n) is 4.79. The minimum Gasteiger partial charge on any atom is -0.504 e. The Balaban J connectivity index is 1.49. The second kappa shape index (κ2) is 8.17. The maximum atomic E-state index is 12.2. The molecular formula is C20H22N6O3. The lowest BCUT2D eigenvalue weighted by atomic mass is 10.2. The number of urea groups is 1. The third kappa shape index (κ3) is 4.45. The molecule has 0 spiro atoms. The van der Waals surface area contributed by atoms with Crippen molar-refractivity contribution in [2.24, 2.45) is 0 Å². The first-order valence-corrected chi connectivity index (χ1v) is 9.46. The van der Waals surface area contributed by atoms with Gasteiger partial charge in [-0.3, -0.25) is 5.32 Å². The summed E-state index contributed by atoms with van der Waals surface area (Å²) in [5.41, 5.74) is 1.69. The van der Waals surface area contributed by atoms with E-state index in [0.717, 1.165) is 25.7 Å². The lowest BCUT2D eigenvalue weighted by Gasteiger charge is -2.12. The molecule has 0 saturated heterocycles. The summed E-state index contributed by atoms with van der Waals surface area (Å²) < 4.78 is 5.11. The molecule has 29 heavy (non-hydrogen) atoms. The van der Waals surface area contributed by atoms with Crippen LogP contribution in [-0.4, -0.2) is 39.2 Å². The van der Waals surface area contributed by atoms with Gasteiger partial charge in [0.1, 0.15) is 11.3 Å². The van der Waals surface area contributed by atoms with Crippen molar-refractivity contribution in [2.75, 3.05) is 17.7 Å². The standard InChI is InChI=1S/C20H22N6O3/c1-29-16-10-13(6-8-15(16)27)22-18-11-21-14-7-9-17(24-19(14)25-18)26-20(28)23-12-4-2-3-5-12/h6-12,27H,2-5H2,1H3,(H3,22,23,24,25,26,28). The normalized spacial score (nSPS) is 14.0. The maximum absolute atomic E-state index is 12.2. The maximum Gasteiger partial charge on any atom is 0.320 e. The second-order valence-corrected chi connectivity index (χ2v) is 6.89. The summed E-state index contributed by atoms with van der Waals surface area (Å²) in [6.07, 6.45) is 5.92. The van der Waals surface area contributed by atoms with Gasteiger partial charge in [-0.25, -0.2) is 19.7 Å². The van der Waals surface area contributed by atoms with Crippen LogP contribution in [0.3, 0.4) is 0 Å². The number of pyridine rings is 1. The molecule has 2 aromatic heterocycles. The largest absolute Gasteiger partial charge is 0.504 e. The lowest BCUT2D eigenvalue weighted by molar-refractivity contribution is 0.248. The van der Waals surface area contributed by atoms with Crippen molar-refractivity contribution < 1.29 is 14.6 Å². The van der Waals surface area contributed by atoms with E-state index < -0.39 is 0 Å². The summed E-state index contributed by atoms with van der Waals surface area (Å²) in [6.45, 7) is 0. The zero-order chi connectivity index (χ0) is 20.2. The summed E-state index contributed by atoms with van der Waals surface area (Å²) >= 11 is 0. The molecule has 4 N–H and O–H groups in total. The highest BCUT2D eigenvalue weighted by atomic mass is 16.5. The van der Waals surface area contributed by atoms with E-state index in [2.05, 4.69) is 30.9 Å². The van der Waals surface area contributed by atoms with Gasteiger partial charge in [0, 0.05) is 17.8 Å². The van der Waals surface area contributed by atoms with Gasteiger partial charge in [0.05, 0.1) is 13.3 Å². The zero-order valence-corrected chi connectivity index (χ0v) is 16.0. The number of carbonyl (C=O) groups excluding carboxylic acids is 1. The molecule has 1 aromatic carbocycles. The number of carbonyl (C=O) groups is 1. The summed E-state index contributed by atoms with van der Waals surface area (Å²) in [5.74, 6) is 1.29. The minimum atomic E-state index is -0.262. The molecule has 0 radical (unpaired) electrons. The van der Waals surface area contributed by atoms with Crippen LogP contribution in [0.4, 0.5) is 22.1 Å². The molecule has 9 nitrogen and oxygen atoms in total. The molecule has 3 aromatic rings. The number of benzene rings is 1. The molecule has 4 rings (SSSR count). The number of nitrogens with one attached hydrogen (secondary N) is 3. The number of aromatic nitrogens is 3. The molecule has 1 saturated carbocycles. The van der Waals surface area contributed by atoms with Crippen molar-refractivity contribution in [1.29, 1.82) is 0 Å². The Morgan fingerprint density at radius 2 is 1.93 bits per heavy atom. The number of ether oxygens (including phenoxy) is 1. The van der Waals surface area contributed by atoms with Crippen LogP contribution in [0.5, 0.6) is 11.5 Å². The summed E-state index contributed by atoms with van der Waals surface area (Å²) in [7, 11) is 1.48. The van der Waals surface area contributed by atoms with Crippen LogP contribution >= 0.6 is 0 Å². The van der Waals surface area contributed by atoms with E-state index in [4.69, 9.17) is 4.74 Å². The number of fused-ring (bicyclic) bond motifs is 1. The van der Waals surface area contributed by atoms with E-state index in [1.54, 1.807) is 30.5 Å². The Labute approximate surface area is 167 Å². The molecule has 2 amide bonds. The number of nitrogens with zero attached hydrogens (tertiary/aromatic N) is 3. The van der Waals surface area contributed by atoms with Crippen molar-refractivity contribution in [3.05, 3.63) is 36.5 Å². The first-order valence-electron chi connectivity index (χ1n) is 9.46. The van der Waals surface area contributed by atoms with Crippen molar-refractivity contribution >= 4 is 34.5 Å². The van der Waals surface area contributed by atoms with Crippen molar-refractivity contribution in [2.45, 2.75) is 31.7 Å². The number of methoxy groups -OCH3 is 1. The molecule has 1 aliphatic carbocycles. The smallest absolute Gasteiger partial charge is 0.320 e. The fourth-order valence-electron chi connectivity index (χ4n) is 3.34. The number of amides is 2. The molecule has 1 aliphatic rings. The lowest BCUT2D eigenvalue weighted by Crippen LogP contribution is -2.36. The van der Waals surface area contributed by atoms with Crippen LogP contribution in [0, 0.1) is 0 Å². The molecule has 150 valence electrons. The number of phenols is 1. The Kier molecular flexibility index (Phi) is 5.28. The third-order valence-corrected chi connectivity index (χ3v) is 4.79. The molecule has 9 heteroatoms. The van der Waals surface area contributed by atoms with Crippen LogP contribution in [-0.2, 0) is 0 Å². The Morgan fingerprint density at radius 3 is 2.72 bits per heavy atom. The first kappa shape index (κ1) is 18.7. The number of rotatable bonds is 5. The van der Waals surface area contributed by atoms with E-state index in [0.29, 0.717) is 34.2 Å². The fraction of sp³-hybridized carbons (Fsp3) is 0.300. The number of anilines is 3. The summed E-state index contributed by atoms with van der Waals surface area (Å²) in [5, 5.41) is 18.5. The minimum absolute atomic E-state index is 0.0518. The topological polar surface area (TPSA) is 121 Å². The van der Waals surface area contributed by atoms with E-state index in [-0.39, 0.29) is 17.8 Å². The zero-order valence-electron chi connectivity index (χ0n) is 16.0. The molecule has 0 atom stereocenters. The fourth-order valence-corrected chi connectivity index (χ4v) is 3.34. The van der Waals surface area contributed by atoms with Gasteiger partial charge >= 0.3 is 6.03 Å². The number of hydrogen-bond donors (Lipinski definition) is 4. The van der Waals surface area contributed by atoms with Gasteiger partial charge in [0.15, 0.2) is 23.0 Å². The first-order chi connectivity index (χ1) is 14.1. The van der Waals surface area contributed by atoms with E-state index in [1.165, 1.54) is 13.2 Å². The number of phenolic OH excluding ortho intramolecular Hbond substituents is 1. The monoisotopic (exact) mass is 394 g/mol. The molecule has 0 aliphatic heterocycles. The van der Waals surface area contributed by atoms with E-state index in [9.17, 15) is 9.90 Å². The Morgan fingerprint density at radius 1 is 1.14 bits per heavy atom. The number of aromatic hydroxyl groups is 1. The van der Waals surface area contributed by atoms with Crippen molar-refractivity contribution in [1.82, 2.24) is 20.3 Å². The average Bonchev–Trinajstić information content (AvgIpc) is 3.22. The highest BCUT2D eigenvalue weighted by Gasteiger charge is 2.17. The van der Waals surface area contributed by atoms with Gasteiger partial charge in [-0.1, -0.05) is 12.8 Å². The highest BCUT2D eigenvalue weighted by molar-refractivity contribution is 5.89. The van der Waals surface area contributed by atoms with Crippen LogP contribution in [0.1, 0.15) is 25.7 Å². The Hall–Kier alpha value is -3.62. The Bertz CT molecular complexity index is 1040. The van der Waals surface area contributed by atoms with Gasteiger partial charge in [-0.05, 0) is 37.1 Å². The van der Waals surface area contributed by atoms with Crippen molar-refractivity contribution in [3.63, 3.8) is 0 Å². The highest BCUT2D eigenvalue weighted by Crippen LogP contribution is 2.30. The van der Waals surface area contributed by atoms with E-state index in [1.807, 2.05) is 0 Å². The predicted octanol–water partition coefficient (Wildman–Crippen LogP) is 3.55. The predicted molar refractivity (Wildman–Crippen MR) is 110 cm³/mol. The van der Waals surface area contributed by atoms with Gasteiger partial charge in [-0.15, -0.1) is 0 Å². The van der Waals surface area contributed by atoms with Gasteiger partial charge in [-0.2, -0.15) is 0 Å². The van der Waals surface area contributed by atoms with Gasteiger partial charge in [0.25, 0.3) is 0 Å². The van der Waals surface area contributed by atoms with Gasteiger partial charge < -0.3 is 20.5 Å². The quantitative estimate of drug-likeness (QED) is 0.488. The average molecular weight is 394 g/mol. The molecule has 1 fully saturated rings. The summed E-state index contributed by atoms with van der Waals surface area (Å²) in [6, 6.07) is 8.30. The molecule has 2 heterocycles. The van der Waals surface area contributed by atoms with Crippen LogP contribution < -0.4 is 20.7 Å². The molecule has 0 bridgehead atoms. The summed E-state index contributed by atoms with van der Waals surface area (Å²) in [4.78, 5) is 25.4. The van der Waals surface area contributed by atoms with E-state index >= 15 is 0 Å². The SMILES string of the molecule is COc1cc(Nc2cnc3ccc(NC(=O)NC4CCCC4)nc3n2)ccc1O. The molecular weight excluding hydrogens is 372 g/mol. The van der Waals surface area contributed by atoms with Gasteiger partial charge in [0.2, 0.25) is 0 Å². The van der Waals surface area contributed by atoms with Crippen LogP contribution in [0.15, 0.2) is 36.5 Å².